The van der Waals surface area contributed by atoms with Crippen LogP contribution < -0.4 is 5.32 Å². The molecule has 0 bridgehead atoms. The summed E-state index contributed by atoms with van der Waals surface area (Å²) in [5, 5.41) is 13.6. The number of piperidine rings is 1. The predicted octanol–water partition coefficient (Wildman–Crippen LogP) is 2.18. The van der Waals surface area contributed by atoms with Crippen LogP contribution in [0.3, 0.4) is 0 Å². The number of amides is 2. The summed E-state index contributed by atoms with van der Waals surface area (Å²) in [5.41, 5.74) is 1.26. The monoisotopic (exact) mass is 374 g/mol. The zero-order valence-electron chi connectivity index (χ0n) is 15.6. The number of anilines is 1. The molecule has 2 fully saturated rings. The Kier molecular flexibility index (Phi) is 6.05. The fourth-order valence-corrected chi connectivity index (χ4v) is 3.83. The molecule has 3 rings (SSSR count). The van der Waals surface area contributed by atoms with Gasteiger partial charge < -0.3 is 10.2 Å². The van der Waals surface area contributed by atoms with E-state index in [1.165, 1.54) is 12.1 Å². The minimum Gasteiger partial charge on any atom is -0.342 e. The van der Waals surface area contributed by atoms with E-state index in [4.69, 9.17) is 0 Å². The molecule has 2 aliphatic rings. The number of hydrogen-bond acceptors (Lipinski definition) is 5. The zero-order chi connectivity index (χ0) is 19.4. The molecule has 2 heterocycles. The lowest BCUT2D eigenvalue weighted by Crippen LogP contribution is -2.43. The van der Waals surface area contributed by atoms with Gasteiger partial charge in [0.05, 0.1) is 11.5 Å². The summed E-state index contributed by atoms with van der Waals surface area (Å²) in [6.45, 7) is 5.24. The number of nitrogens with one attached hydrogen (secondary N) is 1. The van der Waals surface area contributed by atoms with Crippen LogP contribution >= 0.6 is 0 Å². The lowest BCUT2D eigenvalue weighted by Gasteiger charge is -2.32. The first kappa shape index (κ1) is 19.3. The average molecular weight is 374 g/mol. The van der Waals surface area contributed by atoms with Gasteiger partial charge in [0.1, 0.15) is 0 Å². The maximum Gasteiger partial charge on any atom is 0.269 e. The highest BCUT2D eigenvalue weighted by molar-refractivity contribution is 5.93. The second-order valence-electron chi connectivity index (χ2n) is 7.39. The molecule has 2 saturated heterocycles. The molecule has 0 unspecified atom stereocenters. The lowest BCUT2D eigenvalue weighted by molar-refractivity contribution is -0.384. The Morgan fingerprint density at radius 3 is 2.44 bits per heavy atom. The van der Waals surface area contributed by atoms with E-state index in [1.807, 2.05) is 4.90 Å². The summed E-state index contributed by atoms with van der Waals surface area (Å²) >= 11 is 0. The number of rotatable bonds is 5. The number of nitrogens with zero attached hydrogens (tertiary/aromatic N) is 3. The molecule has 1 aromatic rings. The van der Waals surface area contributed by atoms with Crippen molar-refractivity contribution in [1.82, 2.24) is 9.80 Å². The van der Waals surface area contributed by atoms with Crippen molar-refractivity contribution in [3.63, 3.8) is 0 Å². The largest absolute Gasteiger partial charge is 0.342 e. The molecule has 0 spiro atoms. The third-order valence-corrected chi connectivity index (χ3v) is 5.42. The summed E-state index contributed by atoms with van der Waals surface area (Å²) in [6.07, 6.45) is 3.79. The second-order valence-corrected chi connectivity index (χ2v) is 7.39. The molecule has 0 aliphatic carbocycles. The van der Waals surface area contributed by atoms with Crippen LogP contribution in [0.4, 0.5) is 11.4 Å². The van der Waals surface area contributed by atoms with Crippen molar-refractivity contribution in [2.45, 2.75) is 32.6 Å². The van der Waals surface area contributed by atoms with Crippen LogP contribution in [0.5, 0.6) is 0 Å². The van der Waals surface area contributed by atoms with E-state index in [0.717, 1.165) is 51.9 Å². The number of non-ortho nitro benzene ring substituents is 1. The quantitative estimate of drug-likeness (QED) is 0.629. The third-order valence-electron chi connectivity index (χ3n) is 5.42. The van der Waals surface area contributed by atoms with Crippen molar-refractivity contribution in [3.05, 3.63) is 33.9 Å². The lowest BCUT2D eigenvalue weighted by atomic mass is 9.95. The first-order valence-corrected chi connectivity index (χ1v) is 9.50. The topological polar surface area (TPSA) is 95.8 Å². The molecule has 0 aromatic heterocycles. The van der Waals surface area contributed by atoms with Gasteiger partial charge in [-0.3, -0.25) is 24.6 Å². The number of carbonyl (C=O) groups excluding carboxylic acids is 2. The Hall–Kier alpha value is -2.48. The fraction of sp³-hybridized carbons (Fsp3) is 0.579. The van der Waals surface area contributed by atoms with Gasteiger partial charge in [-0.15, -0.1) is 0 Å². The van der Waals surface area contributed by atoms with Crippen LogP contribution in [-0.2, 0) is 9.59 Å². The first-order valence-electron chi connectivity index (χ1n) is 9.50. The number of nitro groups is 1. The number of hydrogen-bond donors (Lipinski definition) is 1. The van der Waals surface area contributed by atoms with Crippen molar-refractivity contribution in [2.24, 2.45) is 5.92 Å². The van der Waals surface area contributed by atoms with E-state index in [-0.39, 0.29) is 30.0 Å². The summed E-state index contributed by atoms with van der Waals surface area (Å²) in [7, 11) is 0. The van der Waals surface area contributed by atoms with Crippen LogP contribution in [-0.4, -0.2) is 59.3 Å². The maximum atomic E-state index is 12.5. The van der Waals surface area contributed by atoms with Gasteiger partial charge in [0.15, 0.2) is 0 Å². The molecule has 2 amide bonds. The van der Waals surface area contributed by atoms with Gasteiger partial charge in [-0.05, 0) is 57.3 Å². The van der Waals surface area contributed by atoms with E-state index in [0.29, 0.717) is 11.3 Å². The third kappa shape index (κ3) is 4.82. The van der Waals surface area contributed by atoms with Crippen molar-refractivity contribution in [1.29, 1.82) is 0 Å². The van der Waals surface area contributed by atoms with Crippen molar-refractivity contribution in [3.8, 4) is 0 Å². The average Bonchev–Trinajstić information content (AvgIpc) is 3.18. The molecule has 0 radical (unpaired) electrons. The number of nitro benzene ring substituents is 1. The first-order chi connectivity index (χ1) is 12.9. The van der Waals surface area contributed by atoms with Gasteiger partial charge in [0.2, 0.25) is 11.8 Å². The van der Waals surface area contributed by atoms with E-state index in [1.54, 1.807) is 13.0 Å². The molecule has 2 aliphatic heterocycles. The van der Waals surface area contributed by atoms with Gasteiger partial charge in [0, 0.05) is 36.8 Å². The predicted molar refractivity (Wildman–Crippen MR) is 101 cm³/mol. The highest BCUT2D eigenvalue weighted by Gasteiger charge is 2.30. The zero-order valence-corrected chi connectivity index (χ0v) is 15.6. The van der Waals surface area contributed by atoms with Crippen LogP contribution in [0.25, 0.3) is 0 Å². The van der Waals surface area contributed by atoms with Crippen molar-refractivity contribution < 1.29 is 14.5 Å². The van der Waals surface area contributed by atoms with Crippen LogP contribution in [0, 0.1) is 23.0 Å². The summed E-state index contributed by atoms with van der Waals surface area (Å²) in [5.74, 6) is 0.216. The van der Waals surface area contributed by atoms with Gasteiger partial charge in [0.25, 0.3) is 5.69 Å². The Morgan fingerprint density at radius 1 is 1.19 bits per heavy atom. The van der Waals surface area contributed by atoms with Crippen LogP contribution in [0.15, 0.2) is 18.2 Å². The smallest absolute Gasteiger partial charge is 0.269 e. The Labute approximate surface area is 158 Å². The molecule has 8 nitrogen and oxygen atoms in total. The number of benzene rings is 1. The summed E-state index contributed by atoms with van der Waals surface area (Å²) in [4.78, 5) is 39.2. The van der Waals surface area contributed by atoms with Gasteiger partial charge in [-0.2, -0.15) is 0 Å². The van der Waals surface area contributed by atoms with Crippen molar-refractivity contribution >= 4 is 23.2 Å². The van der Waals surface area contributed by atoms with Gasteiger partial charge in [-0.1, -0.05) is 0 Å². The highest BCUT2D eigenvalue weighted by Crippen LogP contribution is 2.23. The van der Waals surface area contributed by atoms with Gasteiger partial charge >= 0.3 is 0 Å². The fourth-order valence-electron chi connectivity index (χ4n) is 3.83. The normalized spacial score (nSPS) is 18.5. The van der Waals surface area contributed by atoms with E-state index >= 15 is 0 Å². The van der Waals surface area contributed by atoms with Crippen LogP contribution in [0.1, 0.15) is 31.2 Å². The molecule has 27 heavy (non-hydrogen) atoms. The van der Waals surface area contributed by atoms with Crippen molar-refractivity contribution in [2.75, 3.05) is 38.0 Å². The van der Waals surface area contributed by atoms with Crippen LogP contribution in [0.2, 0.25) is 0 Å². The SMILES string of the molecule is Cc1cc([N+](=O)[O-])ccc1NC(=O)CN1CCC(C(=O)N2CCCC2)CC1. The molecule has 0 atom stereocenters. The standard InChI is InChI=1S/C19H26N4O4/c1-14-12-16(23(26)27)4-5-17(14)20-18(24)13-21-10-6-15(7-11-21)19(25)22-8-2-3-9-22/h4-5,12,15H,2-3,6-11,13H2,1H3,(H,20,24). The number of likely N-dealkylation sites (tertiary alicyclic amines) is 2. The second kappa shape index (κ2) is 8.47. The Balaban J connectivity index is 1.47. The molecule has 8 heteroatoms. The molecule has 1 aromatic carbocycles. The molecule has 0 saturated carbocycles. The molecular weight excluding hydrogens is 348 g/mol. The minimum absolute atomic E-state index is 0.00948. The maximum absolute atomic E-state index is 12.5. The van der Waals surface area contributed by atoms with E-state index in [9.17, 15) is 19.7 Å². The molecule has 1 N–H and O–H groups in total. The number of aryl methyl sites for hydroxylation is 1. The minimum atomic E-state index is -0.452. The Bertz CT molecular complexity index is 722. The summed E-state index contributed by atoms with van der Waals surface area (Å²) < 4.78 is 0. The van der Waals surface area contributed by atoms with Gasteiger partial charge in [-0.25, -0.2) is 0 Å². The van der Waals surface area contributed by atoms with E-state index < -0.39 is 4.92 Å². The van der Waals surface area contributed by atoms with E-state index in [2.05, 4.69) is 10.2 Å². The highest BCUT2D eigenvalue weighted by atomic mass is 16.6. The Morgan fingerprint density at radius 2 is 1.85 bits per heavy atom. The number of carbonyl (C=O) groups is 2. The molecule has 146 valence electrons. The molecular formula is C19H26N4O4. The summed E-state index contributed by atoms with van der Waals surface area (Å²) in [6, 6.07) is 4.40.